The van der Waals surface area contributed by atoms with Crippen molar-refractivity contribution in [1.29, 1.82) is 0 Å². The monoisotopic (exact) mass is 426 g/mol. The van der Waals surface area contributed by atoms with Gasteiger partial charge in [-0.2, -0.15) is 0 Å². The lowest BCUT2D eigenvalue weighted by atomic mass is 9.78. The minimum atomic E-state index is -0.505. The van der Waals surface area contributed by atoms with Crippen LogP contribution >= 0.6 is 23.2 Å². The van der Waals surface area contributed by atoms with Crippen molar-refractivity contribution in [3.8, 4) is 23.8 Å². The van der Waals surface area contributed by atoms with Gasteiger partial charge < -0.3 is 4.74 Å². The van der Waals surface area contributed by atoms with Crippen LogP contribution in [0.25, 0.3) is 0 Å². The Bertz CT molecular complexity index is 1020. The van der Waals surface area contributed by atoms with Crippen LogP contribution in [0.4, 0.5) is 4.39 Å². The SMILES string of the molecule is C#CC(C)(CCCc1cccc(Oc2ccc(Cl)cc2)c1)c1ccc(F)c(Cl)c1. The van der Waals surface area contributed by atoms with Gasteiger partial charge in [0, 0.05) is 5.02 Å². The van der Waals surface area contributed by atoms with Crippen LogP contribution in [-0.2, 0) is 11.8 Å². The molecule has 0 saturated heterocycles. The largest absolute Gasteiger partial charge is 0.457 e. The molecule has 0 heterocycles. The number of halogens is 3. The van der Waals surface area contributed by atoms with Crippen LogP contribution in [0.2, 0.25) is 10.0 Å². The number of hydrogen-bond donors (Lipinski definition) is 0. The molecule has 3 aromatic carbocycles. The second-order valence-electron chi connectivity index (χ2n) is 7.16. The quantitative estimate of drug-likeness (QED) is 0.349. The molecule has 1 unspecified atom stereocenters. The number of ether oxygens (including phenoxy) is 1. The number of aryl methyl sites for hydroxylation is 1. The molecule has 0 amide bonds. The lowest BCUT2D eigenvalue weighted by Crippen LogP contribution is -2.20. The molecule has 0 spiro atoms. The minimum Gasteiger partial charge on any atom is -0.457 e. The van der Waals surface area contributed by atoms with Crippen molar-refractivity contribution < 1.29 is 9.13 Å². The van der Waals surface area contributed by atoms with E-state index < -0.39 is 11.2 Å². The Morgan fingerprint density at radius 2 is 1.76 bits per heavy atom. The van der Waals surface area contributed by atoms with E-state index in [1.807, 2.05) is 37.3 Å². The third kappa shape index (κ3) is 5.54. The molecule has 0 N–H and O–H groups in total. The van der Waals surface area contributed by atoms with Crippen molar-refractivity contribution in [2.24, 2.45) is 0 Å². The van der Waals surface area contributed by atoms with Gasteiger partial charge in [0.15, 0.2) is 0 Å². The summed E-state index contributed by atoms with van der Waals surface area (Å²) in [6.45, 7) is 1.98. The first-order chi connectivity index (χ1) is 13.9. The van der Waals surface area contributed by atoms with Crippen LogP contribution in [0.5, 0.6) is 11.5 Å². The Labute approximate surface area is 181 Å². The zero-order valence-corrected chi connectivity index (χ0v) is 17.6. The summed E-state index contributed by atoms with van der Waals surface area (Å²) in [7, 11) is 0. The molecule has 148 valence electrons. The Balaban J connectivity index is 1.64. The molecule has 3 rings (SSSR count). The maximum atomic E-state index is 13.5. The third-order valence-electron chi connectivity index (χ3n) is 4.97. The first-order valence-corrected chi connectivity index (χ1v) is 10.1. The number of rotatable bonds is 7. The van der Waals surface area contributed by atoms with Crippen LogP contribution in [-0.4, -0.2) is 0 Å². The highest BCUT2D eigenvalue weighted by Gasteiger charge is 2.24. The molecule has 0 saturated carbocycles. The topological polar surface area (TPSA) is 9.23 Å². The van der Waals surface area contributed by atoms with E-state index in [0.717, 1.165) is 41.9 Å². The van der Waals surface area contributed by atoms with Crippen LogP contribution in [0.15, 0.2) is 66.7 Å². The fraction of sp³-hybridized carbons (Fsp3) is 0.200. The van der Waals surface area contributed by atoms with Crippen molar-refractivity contribution in [2.75, 3.05) is 0 Å². The van der Waals surface area contributed by atoms with E-state index in [0.29, 0.717) is 5.02 Å². The summed E-state index contributed by atoms with van der Waals surface area (Å²) in [5.41, 5.74) is 1.51. The molecule has 0 radical (unpaired) electrons. The third-order valence-corrected chi connectivity index (χ3v) is 5.51. The van der Waals surface area contributed by atoms with Crippen LogP contribution in [0.3, 0.4) is 0 Å². The van der Waals surface area contributed by atoms with Crippen molar-refractivity contribution >= 4 is 23.2 Å². The Morgan fingerprint density at radius 1 is 1.00 bits per heavy atom. The fourth-order valence-electron chi connectivity index (χ4n) is 3.19. The molecule has 1 atom stereocenters. The fourth-order valence-corrected chi connectivity index (χ4v) is 3.49. The van der Waals surface area contributed by atoms with Gasteiger partial charge in [0.2, 0.25) is 0 Å². The van der Waals surface area contributed by atoms with Crippen LogP contribution in [0.1, 0.15) is 30.9 Å². The highest BCUT2D eigenvalue weighted by molar-refractivity contribution is 6.31. The summed E-state index contributed by atoms with van der Waals surface area (Å²) in [4.78, 5) is 0. The smallest absolute Gasteiger partial charge is 0.141 e. The van der Waals surface area contributed by atoms with Gasteiger partial charge in [0.1, 0.15) is 17.3 Å². The number of hydrogen-bond acceptors (Lipinski definition) is 1. The molecule has 1 nitrogen and oxygen atoms in total. The Hall–Kier alpha value is -2.47. The molecule has 0 fully saturated rings. The van der Waals surface area contributed by atoms with Gasteiger partial charge >= 0.3 is 0 Å². The van der Waals surface area contributed by atoms with Gasteiger partial charge in [-0.1, -0.05) is 47.3 Å². The summed E-state index contributed by atoms with van der Waals surface area (Å²) in [5.74, 6) is 3.93. The lowest BCUT2D eigenvalue weighted by molar-refractivity contribution is 0.481. The van der Waals surface area contributed by atoms with E-state index in [1.165, 1.54) is 6.07 Å². The van der Waals surface area contributed by atoms with Gasteiger partial charge in [-0.15, -0.1) is 6.42 Å². The summed E-state index contributed by atoms with van der Waals surface area (Å²) >= 11 is 11.8. The predicted molar refractivity (Wildman–Crippen MR) is 119 cm³/mol. The number of terminal acetylenes is 1. The van der Waals surface area contributed by atoms with E-state index in [2.05, 4.69) is 12.0 Å². The van der Waals surface area contributed by atoms with Crippen molar-refractivity contribution in [3.05, 3.63) is 93.7 Å². The van der Waals surface area contributed by atoms with Crippen molar-refractivity contribution in [1.82, 2.24) is 0 Å². The standard InChI is InChI=1S/C25H21Cl2FO/c1-3-25(2,19-9-14-24(28)23(27)17-19)15-5-7-18-6-4-8-22(16-18)29-21-12-10-20(26)11-13-21/h1,4,6,8-14,16-17H,5,7,15H2,2H3. The van der Waals surface area contributed by atoms with Gasteiger partial charge in [-0.3, -0.25) is 0 Å². The molecule has 4 heteroatoms. The van der Waals surface area contributed by atoms with Crippen molar-refractivity contribution in [3.63, 3.8) is 0 Å². The average molecular weight is 427 g/mol. The molecule has 0 aromatic heterocycles. The van der Waals surface area contributed by atoms with E-state index in [9.17, 15) is 4.39 Å². The Morgan fingerprint density at radius 3 is 2.45 bits per heavy atom. The molecule has 3 aromatic rings. The van der Waals surface area contributed by atoms with Gasteiger partial charge in [0.05, 0.1) is 10.4 Å². The molecule has 0 aliphatic heterocycles. The first-order valence-electron chi connectivity index (χ1n) is 9.35. The predicted octanol–water partition coefficient (Wildman–Crippen LogP) is 7.84. The van der Waals surface area contributed by atoms with E-state index in [-0.39, 0.29) is 5.02 Å². The molecule has 29 heavy (non-hydrogen) atoms. The minimum absolute atomic E-state index is 0.0935. The highest BCUT2D eigenvalue weighted by Crippen LogP contribution is 2.32. The summed E-state index contributed by atoms with van der Waals surface area (Å²) in [6.07, 6.45) is 8.30. The molecular formula is C25H21Cl2FO. The summed E-state index contributed by atoms with van der Waals surface area (Å²) < 4.78 is 19.4. The first kappa shape index (κ1) is 21.2. The summed E-state index contributed by atoms with van der Waals surface area (Å²) in [6, 6.07) is 19.9. The van der Waals surface area contributed by atoms with Crippen LogP contribution < -0.4 is 4.74 Å². The van der Waals surface area contributed by atoms with E-state index in [1.54, 1.807) is 24.3 Å². The second kappa shape index (κ2) is 9.35. The molecule has 0 bridgehead atoms. The van der Waals surface area contributed by atoms with Crippen LogP contribution in [0, 0.1) is 18.2 Å². The zero-order valence-electron chi connectivity index (χ0n) is 16.1. The maximum Gasteiger partial charge on any atom is 0.141 e. The second-order valence-corrected chi connectivity index (χ2v) is 8.01. The average Bonchev–Trinajstić information content (AvgIpc) is 2.72. The zero-order chi connectivity index (χ0) is 20.9. The molecule has 0 aliphatic rings. The van der Waals surface area contributed by atoms with Gasteiger partial charge in [-0.25, -0.2) is 4.39 Å². The molecule has 0 aliphatic carbocycles. The highest BCUT2D eigenvalue weighted by atomic mass is 35.5. The van der Waals surface area contributed by atoms with Gasteiger partial charge in [0.25, 0.3) is 0 Å². The van der Waals surface area contributed by atoms with E-state index in [4.69, 9.17) is 34.4 Å². The maximum absolute atomic E-state index is 13.5. The van der Waals surface area contributed by atoms with E-state index >= 15 is 0 Å². The number of benzene rings is 3. The Kier molecular flexibility index (Phi) is 6.85. The lowest BCUT2D eigenvalue weighted by Gasteiger charge is -2.24. The summed E-state index contributed by atoms with van der Waals surface area (Å²) in [5, 5.41) is 0.765. The normalized spacial score (nSPS) is 12.8. The van der Waals surface area contributed by atoms with Crippen molar-refractivity contribution in [2.45, 2.75) is 31.6 Å². The molecular weight excluding hydrogens is 406 g/mol. The van der Waals surface area contributed by atoms with Gasteiger partial charge in [-0.05, 0) is 85.8 Å².